The van der Waals surface area contributed by atoms with Crippen molar-refractivity contribution in [2.45, 2.75) is 76.4 Å². The predicted octanol–water partition coefficient (Wildman–Crippen LogP) is 1.65. The molecule has 12 heteroatoms. The summed E-state index contributed by atoms with van der Waals surface area (Å²) in [7, 11) is 0. The van der Waals surface area contributed by atoms with E-state index in [4.69, 9.17) is 11.5 Å². The first-order valence-electron chi connectivity index (χ1n) is 15.2. The fourth-order valence-electron chi connectivity index (χ4n) is 7.78. The lowest BCUT2D eigenvalue weighted by Crippen LogP contribution is -2.53. The van der Waals surface area contributed by atoms with Gasteiger partial charge in [0.15, 0.2) is 5.82 Å². The molecule has 2 fully saturated rings. The topological polar surface area (TPSA) is 197 Å². The molecule has 44 heavy (non-hydrogen) atoms. The van der Waals surface area contributed by atoms with E-state index in [2.05, 4.69) is 52.8 Å². The van der Waals surface area contributed by atoms with Crippen LogP contribution in [0.2, 0.25) is 0 Å². The van der Waals surface area contributed by atoms with Crippen LogP contribution in [-0.4, -0.2) is 67.9 Å². The smallest absolute Gasteiger partial charge is 0.248 e. The molecule has 1 saturated carbocycles. The third-order valence-corrected chi connectivity index (χ3v) is 10.2. The molecule has 7 atom stereocenters. The van der Waals surface area contributed by atoms with Gasteiger partial charge in [-0.25, -0.2) is 0 Å². The van der Waals surface area contributed by atoms with E-state index in [-0.39, 0.29) is 47.8 Å². The average molecular weight is 598 g/mol. The minimum atomic E-state index is -0.867. The van der Waals surface area contributed by atoms with E-state index in [0.717, 1.165) is 24.0 Å². The Balaban J connectivity index is 1.44. The molecule has 6 rings (SSSR count). The maximum atomic E-state index is 13.5. The summed E-state index contributed by atoms with van der Waals surface area (Å²) in [4.78, 5) is 39.7. The molecular weight excluding hydrogens is 558 g/mol. The standard InChI is InChI=1S/C32H39N9O3/c1-31(2,3)26(36-16-27(42)41-22(15-33)12-21-13-25(21)41)14-32(30-37-39-40-38-30)23-8-6-19(28(34)43)10-17(23)4-5-18-11-20(29(35)44)7-9-24(18)32/h6-11,17,21-23,25-26,36H,4-5,12-14,16H2,1-3H3,(H2,34,43)(H2,35,44)(H,37,38,39,40)/t17?,21-,22?,23?,25+,26-,32?/m1/s1. The monoisotopic (exact) mass is 597 g/mol. The molecule has 2 heterocycles. The Morgan fingerprint density at radius 3 is 2.68 bits per heavy atom. The number of aryl methyl sites for hydroxylation is 1. The number of allylic oxidation sites excluding steroid dienone is 2. The lowest BCUT2D eigenvalue weighted by atomic mass is 9.59. The Morgan fingerprint density at radius 1 is 1.23 bits per heavy atom. The number of nitrogens with zero attached hydrogens (tertiary/aromatic N) is 5. The molecule has 3 amide bonds. The molecule has 4 unspecified atom stereocenters. The van der Waals surface area contributed by atoms with E-state index in [9.17, 15) is 19.6 Å². The quantitative estimate of drug-likeness (QED) is 0.352. The van der Waals surface area contributed by atoms with Crippen LogP contribution in [0.4, 0.5) is 0 Å². The minimum Gasteiger partial charge on any atom is -0.366 e. The number of piperidine rings is 1. The third-order valence-electron chi connectivity index (χ3n) is 10.2. The first-order chi connectivity index (χ1) is 20.9. The Bertz CT molecular complexity index is 1580. The van der Waals surface area contributed by atoms with Crippen LogP contribution in [0.3, 0.4) is 0 Å². The molecule has 4 aliphatic rings. The van der Waals surface area contributed by atoms with E-state index in [1.165, 1.54) is 0 Å². The van der Waals surface area contributed by atoms with Gasteiger partial charge in [-0.05, 0) is 72.6 Å². The number of rotatable bonds is 8. The number of nitrogens with two attached hydrogens (primary N) is 2. The lowest BCUT2D eigenvalue weighted by Gasteiger charge is -2.46. The summed E-state index contributed by atoms with van der Waals surface area (Å²) in [5.74, 6) is -0.453. The van der Waals surface area contributed by atoms with E-state index in [0.29, 0.717) is 42.1 Å². The van der Waals surface area contributed by atoms with Crippen LogP contribution in [0.15, 0.2) is 42.0 Å². The SMILES string of the molecule is CC(C)(C)[C@@H](CC1(c2nn[nH]n2)c2ccc(C(N)=O)cc2CCC2C=C(C(N)=O)C=CC21)NCC(=O)N1C(C#N)C[C@@H]2C[C@@H]21. The second-order valence-corrected chi connectivity index (χ2v) is 13.8. The fourth-order valence-corrected chi connectivity index (χ4v) is 7.78. The number of aromatic amines is 1. The fraction of sp³-hybridized carbons (Fsp3) is 0.531. The van der Waals surface area contributed by atoms with Gasteiger partial charge in [0.2, 0.25) is 17.7 Å². The van der Waals surface area contributed by atoms with Gasteiger partial charge in [-0.3, -0.25) is 14.4 Å². The maximum absolute atomic E-state index is 13.5. The Morgan fingerprint density at radius 2 is 2.02 bits per heavy atom. The molecule has 1 aliphatic heterocycles. The molecule has 1 aromatic heterocycles. The van der Waals surface area contributed by atoms with Gasteiger partial charge in [0.1, 0.15) is 6.04 Å². The van der Waals surface area contributed by atoms with Crippen LogP contribution >= 0.6 is 0 Å². The van der Waals surface area contributed by atoms with Gasteiger partial charge in [0.25, 0.3) is 0 Å². The van der Waals surface area contributed by atoms with Crippen molar-refractivity contribution >= 4 is 17.7 Å². The van der Waals surface area contributed by atoms with Crippen molar-refractivity contribution in [3.8, 4) is 6.07 Å². The highest BCUT2D eigenvalue weighted by Crippen LogP contribution is 2.53. The van der Waals surface area contributed by atoms with E-state index < -0.39 is 17.2 Å². The molecule has 12 nitrogen and oxygen atoms in total. The van der Waals surface area contributed by atoms with Crippen LogP contribution < -0.4 is 16.8 Å². The van der Waals surface area contributed by atoms with Crippen molar-refractivity contribution in [1.82, 2.24) is 30.8 Å². The zero-order valence-corrected chi connectivity index (χ0v) is 25.3. The first-order valence-corrected chi connectivity index (χ1v) is 15.2. The molecule has 1 aromatic carbocycles. The zero-order chi connectivity index (χ0) is 31.4. The lowest BCUT2D eigenvalue weighted by molar-refractivity contribution is -0.131. The highest BCUT2D eigenvalue weighted by molar-refractivity contribution is 5.95. The summed E-state index contributed by atoms with van der Waals surface area (Å²) in [6.07, 6.45) is 9.25. The summed E-state index contributed by atoms with van der Waals surface area (Å²) in [5, 5.41) is 29.0. The summed E-state index contributed by atoms with van der Waals surface area (Å²) >= 11 is 0. The Labute approximate surface area is 256 Å². The summed E-state index contributed by atoms with van der Waals surface area (Å²) in [6, 6.07) is 7.40. The van der Waals surface area contributed by atoms with Crippen LogP contribution in [0.1, 0.15) is 73.8 Å². The van der Waals surface area contributed by atoms with Gasteiger partial charge in [-0.1, -0.05) is 50.3 Å². The third kappa shape index (κ3) is 5.09. The number of carbonyl (C=O) groups is 3. The number of likely N-dealkylation sites (tertiary alicyclic amines) is 1. The summed E-state index contributed by atoms with van der Waals surface area (Å²) < 4.78 is 0. The average Bonchev–Trinajstić information content (AvgIpc) is 3.37. The number of hydrogen-bond donors (Lipinski definition) is 4. The number of tetrazole rings is 1. The van der Waals surface area contributed by atoms with Gasteiger partial charge in [-0.2, -0.15) is 10.5 Å². The molecule has 0 bridgehead atoms. The summed E-state index contributed by atoms with van der Waals surface area (Å²) in [5.41, 5.74) is 13.0. The van der Waals surface area contributed by atoms with Crippen molar-refractivity contribution in [2.75, 3.05) is 6.54 Å². The van der Waals surface area contributed by atoms with Crippen LogP contribution in [-0.2, 0) is 21.4 Å². The van der Waals surface area contributed by atoms with Crippen molar-refractivity contribution in [1.29, 1.82) is 5.26 Å². The number of nitriles is 1. The zero-order valence-electron chi connectivity index (χ0n) is 25.3. The van der Waals surface area contributed by atoms with E-state index >= 15 is 0 Å². The maximum Gasteiger partial charge on any atom is 0.248 e. The summed E-state index contributed by atoms with van der Waals surface area (Å²) in [6.45, 7) is 6.46. The molecule has 6 N–H and O–H groups in total. The predicted molar refractivity (Wildman–Crippen MR) is 160 cm³/mol. The number of amides is 3. The second-order valence-electron chi connectivity index (χ2n) is 13.8. The molecule has 3 aliphatic carbocycles. The normalized spacial score (nSPS) is 29.4. The molecule has 230 valence electrons. The molecular formula is C32H39N9O3. The van der Waals surface area contributed by atoms with Gasteiger partial charge >= 0.3 is 0 Å². The van der Waals surface area contributed by atoms with Crippen molar-refractivity contribution in [2.24, 2.45) is 34.6 Å². The highest BCUT2D eigenvalue weighted by atomic mass is 16.2. The first kappa shape index (κ1) is 29.7. The molecule has 1 saturated heterocycles. The number of fused-ring (bicyclic) bond motifs is 3. The van der Waals surface area contributed by atoms with Crippen molar-refractivity contribution in [3.05, 3.63) is 64.5 Å². The van der Waals surface area contributed by atoms with Crippen LogP contribution in [0, 0.1) is 34.5 Å². The van der Waals surface area contributed by atoms with Crippen LogP contribution in [0.25, 0.3) is 0 Å². The number of carbonyl (C=O) groups excluding carboxylic acids is 3. The number of aromatic nitrogens is 4. The second kappa shape index (κ2) is 11.0. The van der Waals surface area contributed by atoms with Gasteiger partial charge in [-0.15, -0.1) is 10.2 Å². The molecule has 0 spiro atoms. The van der Waals surface area contributed by atoms with Gasteiger partial charge in [0.05, 0.1) is 18.0 Å². The van der Waals surface area contributed by atoms with Crippen LogP contribution in [0.5, 0.6) is 0 Å². The van der Waals surface area contributed by atoms with Crippen molar-refractivity contribution in [3.63, 3.8) is 0 Å². The number of benzene rings is 1. The number of nitrogens with one attached hydrogen (secondary N) is 2. The number of H-pyrrole nitrogens is 1. The van der Waals surface area contributed by atoms with Crippen molar-refractivity contribution < 1.29 is 14.4 Å². The van der Waals surface area contributed by atoms with Gasteiger partial charge < -0.3 is 21.7 Å². The molecule has 2 aromatic rings. The number of hydrogen-bond acceptors (Lipinski definition) is 8. The Kier molecular flexibility index (Phi) is 7.40. The largest absolute Gasteiger partial charge is 0.366 e. The highest BCUT2D eigenvalue weighted by Gasteiger charge is 2.55. The van der Waals surface area contributed by atoms with E-state index in [1.807, 2.05) is 24.3 Å². The van der Waals surface area contributed by atoms with E-state index in [1.54, 1.807) is 17.0 Å². The minimum absolute atomic E-state index is 0.0683. The molecule has 0 radical (unpaired) electrons. The Hall–Kier alpha value is -4.37. The number of primary amides is 2. The van der Waals surface area contributed by atoms with Gasteiger partial charge in [0, 0.05) is 29.1 Å².